The zero-order chi connectivity index (χ0) is 22.9. The summed E-state index contributed by atoms with van der Waals surface area (Å²) in [4.78, 5) is 11.5. The molecule has 8 heteroatoms. The predicted molar refractivity (Wildman–Crippen MR) is 134 cm³/mol. The van der Waals surface area contributed by atoms with Crippen molar-refractivity contribution < 1.29 is 0 Å². The van der Waals surface area contributed by atoms with Crippen LogP contribution in [0.25, 0.3) is 5.65 Å². The molecule has 3 rings (SSSR count). The van der Waals surface area contributed by atoms with Crippen LogP contribution >= 0.6 is 0 Å². The second-order valence-corrected chi connectivity index (χ2v) is 8.41. The van der Waals surface area contributed by atoms with Crippen LogP contribution in [0.5, 0.6) is 0 Å². The molecule has 0 aliphatic rings. The maximum absolute atomic E-state index is 4.71. The molecule has 2 aromatic heterocycles. The predicted octanol–water partition coefficient (Wildman–Crippen LogP) is 4.21. The topological polar surface area (TPSA) is 82.4 Å². The van der Waals surface area contributed by atoms with Crippen LogP contribution in [0.4, 0.5) is 17.6 Å². The van der Waals surface area contributed by atoms with Crippen molar-refractivity contribution in [2.24, 2.45) is 0 Å². The van der Waals surface area contributed by atoms with Crippen LogP contribution in [-0.4, -0.2) is 58.2 Å². The standard InChI is InChI=1S/C24H36N8/c1-6-13-26-23-29-22-20(18(2)3)17-28-32(22)24(30-23)27-16-19-11-7-8-12-21(19)25-14-9-10-15-31(4)5/h7-12,17-18,25H,6,13-16H2,1-5H3,(H2,26,27,29,30)/b10-9+. The quantitative estimate of drug-likeness (QED) is 0.367. The summed E-state index contributed by atoms with van der Waals surface area (Å²) in [5.41, 5.74) is 4.22. The van der Waals surface area contributed by atoms with Crippen LogP contribution < -0.4 is 16.0 Å². The highest BCUT2D eigenvalue weighted by atomic mass is 15.4. The van der Waals surface area contributed by atoms with Gasteiger partial charge in [0.05, 0.1) is 6.20 Å². The lowest BCUT2D eigenvalue weighted by atomic mass is 10.1. The van der Waals surface area contributed by atoms with Crippen molar-refractivity contribution in [2.75, 3.05) is 49.7 Å². The lowest BCUT2D eigenvalue weighted by molar-refractivity contribution is 0.456. The third-order valence-corrected chi connectivity index (χ3v) is 5.05. The molecule has 8 nitrogen and oxygen atoms in total. The number of hydrogen-bond acceptors (Lipinski definition) is 7. The van der Waals surface area contributed by atoms with E-state index in [-0.39, 0.29) is 0 Å². The SMILES string of the molecule is CCCNc1nc(NCc2ccccc2NC/C=C/CN(C)C)n2ncc(C(C)C)c2n1. The average Bonchev–Trinajstić information content (AvgIpc) is 3.20. The Morgan fingerprint density at radius 2 is 1.88 bits per heavy atom. The minimum atomic E-state index is 0.333. The van der Waals surface area contributed by atoms with Gasteiger partial charge >= 0.3 is 0 Å². The highest BCUT2D eigenvalue weighted by Gasteiger charge is 2.15. The van der Waals surface area contributed by atoms with Gasteiger partial charge in [-0.05, 0) is 38.1 Å². The summed E-state index contributed by atoms with van der Waals surface area (Å²) < 4.78 is 1.80. The van der Waals surface area contributed by atoms with E-state index in [1.807, 2.05) is 12.3 Å². The van der Waals surface area contributed by atoms with Crippen molar-refractivity contribution >= 4 is 23.2 Å². The summed E-state index contributed by atoms with van der Waals surface area (Å²) in [7, 11) is 4.13. The molecular formula is C24H36N8. The maximum atomic E-state index is 4.71. The van der Waals surface area contributed by atoms with Crippen LogP contribution in [0.3, 0.4) is 0 Å². The fourth-order valence-electron chi connectivity index (χ4n) is 3.29. The van der Waals surface area contributed by atoms with Crippen molar-refractivity contribution in [3.8, 4) is 0 Å². The first kappa shape index (κ1) is 23.5. The molecule has 0 amide bonds. The molecule has 0 radical (unpaired) electrons. The Kier molecular flexibility index (Phi) is 8.44. The normalized spacial score (nSPS) is 11.7. The number of likely N-dealkylation sites (N-methyl/N-ethyl adjacent to an activating group) is 1. The summed E-state index contributed by atoms with van der Waals surface area (Å²) in [6.07, 6.45) is 7.22. The van der Waals surface area contributed by atoms with E-state index in [4.69, 9.17) is 4.98 Å². The van der Waals surface area contributed by atoms with E-state index in [1.54, 1.807) is 4.52 Å². The van der Waals surface area contributed by atoms with E-state index in [9.17, 15) is 0 Å². The Labute approximate surface area is 191 Å². The van der Waals surface area contributed by atoms with Gasteiger partial charge in [0, 0.05) is 37.4 Å². The third-order valence-electron chi connectivity index (χ3n) is 5.05. The molecule has 2 heterocycles. The molecule has 3 N–H and O–H groups in total. The number of para-hydroxylation sites is 1. The second kappa shape index (κ2) is 11.5. The van der Waals surface area contributed by atoms with E-state index in [0.29, 0.717) is 24.4 Å². The fourth-order valence-corrected chi connectivity index (χ4v) is 3.29. The lowest BCUT2D eigenvalue weighted by Gasteiger charge is -2.14. The van der Waals surface area contributed by atoms with E-state index < -0.39 is 0 Å². The fraction of sp³-hybridized carbons (Fsp3) is 0.458. The smallest absolute Gasteiger partial charge is 0.229 e. The first-order valence-electron chi connectivity index (χ1n) is 11.3. The van der Waals surface area contributed by atoms with Crippen LogP contribution in [0, 0.1) is 0 Å². The van der Waals surface area contributed by atoms with Crippen molar-refractivity contribution in [1.82, 2.24) is 24.5 Å². The molecule has 0 unspecified atom stereocenters. The van der Waals surface area contributed by atoms with Crippen LogP contribution in [0.2, 0.25) is 0 Å². The van der Waals surface area contributed by atoms with Crippen LogP contribution in [0.15, 0.2) is 42.6 Å². The number of hydrogen-bond donors (Lipinski definition) is 3. The molecule has 0 fully saturated rings. The molecule has 172 valence electrons. The zero-order valence-corrected chi connectivity index (χ0v) is 19.9. The van der Waals surface area contributed by atoms with Crippen molar-refractivity contribution in [2.45, 2.75) is 39.7 Å². The number of fused-ring (bicyclic) bond motifs is 1. The van der Waals surface area contributed by atoms with Crippen molar-refractivity contribution in [1.29, 1.82) is 0 Å². The summed E-state index contributed by atoms with van der Waals surface area (Å²) in [6, 6.07) is 8.33. The Bertz CT molecular complexity index is 1020. The molecule has 0 saturated carbocycles. The lowest BCUT2D eigenvalue weighted by Crippen LogP contribution is -2.14. The van der Waals surface area contributed by atoms with Crippen molar-refractivity contribution in [3.05, 3.63) is 53.7 Å². The van der Waals surface area contributed by atoms with Gasteiger partial charge in [-0.1, -0.05) is 51.1 Å². The van der Waals surface area contributed by atoms with Gasteiger partial charge in [-0.3, -0.25) is 0 Å². The Hall–Kier alpha value is -3.13. The number of nitrogens with one attached hydrogen (secondary N) is 3. The highest BCUT2D eigenvalue weighted by molar-refractivity contribution is 5.57. The molecule has 0 aliphatic heterocycles. The second-order valence-electron chi connectivity index (χ2n) is 8.41. The average molecular weight is 437 g/mol. The Morgan fingerprint density at radius 1 is 1.06 bits per heavy atom. The van der Waals surface area contributed by atoms with Gasteiger partial charge in [-0.25, -0.2) is 0 Å². The van der Waals surface area contributed by atoms with E-state index in [0.717, 1.165) is 43.0 Å². The highest BCUT2D eigenvalue weighted by Crippen LogP contribution is 2.23. The molecule has 3 aromatic rings. The summed E-state index contributed by atoms with van der Waals surface area (Å²) in [5.74, 6) is 1.64. The van der Waals surface area contributed by atoms with Gasteiger partial charge in [-0.15, -0.1) is 0 Å². The van der Waals surface area contributed by atoms with Crippen molar-refractivity contribution in [3.63, 3.8) is 0 Å². The number of benzene rings is 1. The third kappa shape index (κ3) is 6.20. The summed E-state index contributed by atoms with van der Waals surface area (Å²) in [6.45, 7) is 9.61. The minimum absolute atomic E-state index is 0.333. The first-order chi connectivity index (χ1) is 15.5. The summed E-state index contributed by atoms with van der Waals surface area (Å²) in [5, 5.41) is 14.8. The molecule has 0 spiro atoms. The molecule has 1 aromatic carbocycles. The minimum Gasteiger partial charge on any atom is -0.381 e. The molecular weight excluding hydrogens is 400 g/mol. The van der Waals surface area contributed by atoms with Gasteiger partial charge in [0.2, 0.25) is 11.9 Å². The van der Waals surface area contributed by atoms with Crippen LogP contribution in [-0.2, 0) is 6.54 Å². The number of aromatic nitrogens is 4. The Morgan fingerprint density at radius 3 is 2.62 bits per heavy atom. The maximum Gasteiger partial charge on any atom is 0.229 e. The number of rotatable bonds is 12. The molecule has 0 bridgehead atoms. The van der Waals surface area contributed by atoms with E-state index in [1.165, 1.54) is 5.56 Å². The van der Waals surface area contributed by atoms with E-state index in [2.05, 4.69) is 96.2 Å². The molecule has 32 heavy (non-hydrogen) atoms. The first-order valence-corrected chi connectivity index (χ1v) is 11.3. The van der Waals surface area contributed by atoms with Gasteiger partial charge in [0.15, 0.2) is 5.65 Å². The molecule has 0 atom stereocenters. The van der Waals surface area contributed by atoms with Gasteiger partial charge in [0.25, 0.3) is 0 Å². The zero-order valence-electron chi connectivity index (χ0n) is 19.9. The monoisotopic (exact) mass is 436 g/mol. The molecule has 0 saturated heterocycles. The summed E-state index contributed by atoms with van der Waals surface area (Å²) >= 11 is 0. The van der Waals surface area contributed by atoms with Gasteiger partial charge in [0.1, 0.15) is 0 Å². The Balaban J connectivity index is 1.78. The van der Waals surface area contributed by atoms with Crippen LogP contribution in [0.1, 0.15) is 44.2 Å². The number of nitrogens with zero attached hydrogens (tertiary/aromatic N) is 5. The molecule has 0 aliphatic carbocycles. The van der Waals surface area contributed by atoms with Gasteiger partial charge in [-0.2, -0.15) is 19.6 Å². The van der Waals surface area contributed by atoms with Gasteiger partial charge < -0.3 is 20.9 Å². The number of anilines is 3. The largest absolute Gasteiger partial charge is 0.381 e. The van der Waals surface area contributed by atoms with E-state index >= 15 is 0 Å².